The summed E-state index contributed by atoms with van der Waals surface area (Å²) < 4.78 is 34.0. The largest absolute Gasteiger partial charge is 0.397 e. The van der Waals surface area contributed by atoms with Gasteiger partial charge in [0.1, 0.15) is 0 Å². The van der Waals surface area contributed by atoms with E-state index in [1.165, 1.54) is 70.6 Å². The second kappa shape index (κ2) is 14.5. The molecule has 0 aliphatic carbocycles. The van der Waals surface area contributed by atoms with Gasteiger partial charge in [-0.15, -0.1) is 0 Å². The Hall–Kier alpha value is -0.130. The highest BCUT2D eigenvalue weighted by molar-refractivity contribution is 7.80. The van der Waals surface area contributed by atoms with Crippen molar-refractivity contribution in [3.8, 4) is 0 Å². The van der Waals surface area contributed by atoms with Crippen LogP contribution in [-0.4, -0.2) is 19.1 Å². The molecule has 0 heterocycles. The van der Waals surface area contributed by atoms with Gasteiger partial charge in [-0.1, -0.05) is 90.4 Å². The van der Waals surface area contributed by atoms with Crippen LogP contribution in [0.1, 0.15) is 104 Å². The van der Waals surface area contributed by atoms with E-state index in [1.807, 2.05) is 0 Å². The number of hydrogen-bond donors (Lipinski definition) is 1. The molecular weight excluding hydrogens is 300 g/mol. The molecule has 0 spiro atoms. The predicted molar refractivity (Wildman–Crippen MR) is 92.4 cm³/mol. The zero-order chi connectivity index (χ0) is 16.7. The van der Waals surface area contributed by atoms with Crippen molar-refractivity contribution < 1.29 is 17.2 Å². The molecule has 0 fully saturated rings. The summed E-state index contributed by atoms with van der Waals surface area (Å²) in [7, 11) is -4.29. The molecule has 1 N–H and O–H groups in total. The van der Waals surface area contributed by atoms with E-state index in [0.717, 1.165) is 12.8 Å². The molecule has 0 aliphatic rings. The van der Waals surface area contributed by atoms with Crippen LogP contribution in [0.3, 0.4) is 0 Å². The summed E-state index contributed by atoms with van der Waals surface area (Å²) in [4.78, 5) is 0. The van der Waals surface area contributed by atoms with Gasteiger partial charge < -0.3 is 0 Å². The number of hydrogen-bond acceptors (Lipinski definition) is 3. The minimum atomic E-state index is -4.29. The monoisotopic (exact) mass is 336 g/mol. The zero-order valence-electron chi connectivity index (χ0n) is 14.6. The van der Waals surface area contributed by atoms with E-state index in [-0.39, 0.29) is 0 Å². The van der Waals surface area contributed by atoms with Gasteiger partial charge >= 0.3 is 10.4 Å². The molecule has 0 aromatic carbocycles. The Bertz CT molecular complexity index is 328. The van der Waals surface area contributed by atoms with E-state index in [4.69, 9.17) is 4.55 Å². The lowest BCUT2D eigenvalue weighted by atomic mass is 10.0. The van der Waals surface area contributed by atoms with Gasteiger partial charge in [-0.25, -0.2) is 4.18 Å². The average Bonchev–Trinajstić information content (AvgIpc) is 2.42. The molecule has 4 nitrogen and oxygen atoms in total. The normalized spacial score (nSPS) is 13.4. The van der Waals surface area contributed by atoms with Crippen molar-refractivity contribution in [2.45, 2.75) is 110 Å². The van der Waals surface area contributed by atoms with Crippen LogP contribution in [0.15, 0.2) is 0 Å². The van der Waals surface area contributed by atoms with Gasteiger partial charge in [-0.05, 0) is 13.3 Å². The van der Waals surface area contributed by atoms with Gasteiger partial charge in [0.15, 0.2) is 0 Å². The van der Waals surface area contributed by atoms with Crippen LogP contribution in [0.5, 0.6) is 0 Å². The van der Waals surface area contributed by atoms with E-state index in [9.17, 15) is 8.42 Å². The van der Waals surface area contributed by atoms with Crippen molar-refractivity contribution in [2.24, 2.45) is 0 Å². The van der Waals surface area contributed by atoms with Crippen LogP contribution in [0, 0.1) is 0 Å². The maximum Gasteiger partial charge on any atom is 0.397 e. The molecule has 134 valence electrons. The lowest BCUT2D eigenvalue weighted by Gasteiger charge is -2.09. The van der Waals surface area contributed by atoms with Crippen LogP contribution in [-0.2, 0) is 14.6 Å². The van der Waals surface area contributed by atoms with Crippen LogP contribution in [0.4, 0.5) is 0 Å². The second-order valence-electron chi connectivity index (χ2n) is 6.37. The highest BCUT2D eigenvalue weighted by Crippen LogP contribution is 2.14. The first-order chi connectivity index (χ1) is 10.5. The lowest BCUT2D eigenvalue weighted by Crippen LogP contribution is -2.14. The minimum Gasteiger partial charge on any atom is -0.264 e. The SMILES string of the molecule is CCCCCCCCCCCCCCCC(C)OS(=O)(=O)O. The topological polar surface area (TPSA) is 63.6 Å². The Morgan fingerprint density at radius 3 is 1.50 bits per heavy atom. The molecule has 0 aromatic rings. The third-order valence-electron chi connectivity index (χ3n) is 4.00. The highest BCUT2D eigenvalue weighted by Gasteiger charge is 2.11. The van der Waals surface area contributed by atoms with Crippen LogP contribution < -0.4 is 0 Å². The van der Waals surface area contributed by atoms with Gasteiger partial charge in [0.05, 0.1) is 6.10 Å². The molecule has 0 amide bonds. The molecule has 0 saturated heterocycles. The van der Waals surface area contributed by atoms with Crippen molar-refractivity contribution in [3.05, 3.63) is 0 Å². The van der Waals surface area contributed by atoms with E-state index in [2.05, 4.69) is 11.1 Å². The smallest absolute Gasteiger partial charge is 0.264 e. The van der Waals surface area contributed by atoms with Crippen molar-refractivity contribution in [1.82, 2.24) is 0 Å². The fourth-order valence-corrected chi connectivity index (χ4v) is 3.22. The van der Waals surface area contributed by atoms with E-state index in [0.29, 0.717) is 6.42 Å². The van der Waals surface area contributed by atoms with E-state index >= 15 is 0 Å². The molecule has 0 rings (SSSR count). The first-order valence-electron chi connectivity index (χ1n) is 9.11. The lowest BCUT2D eigenvalue weighted by molar-refractivity contribution is 0.185. The summed E-state index contributed by atoms with van der Waals surface area (Å²) in [5, 5.41) is 0. The van der Waals surface area contributed by atoms with Gasteiger partial charge in [-0.2, -0.15) is 8.42 Å². The first kappa shape index (κ1) is 21.9. The van der Waals surface area contributed by atoms with Crippen LogP contribution >= 0.6 is 0 Å². The second-order valence-corrected chi connectivity index (χ2v) is 7.41. The summed E-state index contributed by atoms with van der Waals surface area (Å²) in [5.74, 6) is 0. The Labute approximate surface area is 138 Å². The number of rotatable bonds is 16. The molecule has 5 heteroatoms. The van der Waals surface area contributed by atoms with E-state index in [1.54, 1.807) is 6.92 Å². The highest BCUT2D eigenvalue weighted by atomic mass is 32.3. The Balaban J connectivity index is 3.17. The summed E-state index contributed by atoms with van der Waals surface area (Å²) in [5.41, 5.74) is 0. The van der Waals surface area contributed by atoms with Crippen LogP contribution in [0.2, 0.25) is 0 Å². The minimum absolute atomic E-state index is 0.428. The Morgan fingerprint density at radius 2 is 1.14 bits per heavy atom. The molecule has 0 aliphatic heterocycles. The van der Waals surface area contributed by atoms with Crippen molar-refractivity contribution >= 4 is 10.4 Å². The Kier molecular flexibility index (Phi) is 14.4. The molecular formula is C17H36O4S. The molecule has 1 unspecified atom stereocenters. The predicted octanol–water partition coefficient (Wildman–Crippen LogP) is 5.68. The third-order valence-corrected chi connectivity index (χ3v) is 4.57. The molecule has 0 bridgehead atoms. The Morgan fingerprint density at radius 1 is 0.773 bits per heavy atom. The average molecular weight is 337 g/mol. The van der Waals surface area contributed by atoms with Crippen LogP contribution in [0.25, 0.3) is 0 Å². The quantitative estimate of drug-likeness (QED) is 0.291. The van der Waals surface area contributed by atoms with Crippen molar-refractivity contribution in [3.63, 3.8) is 0 Å². The maximum atomic E-state index is 10.5. The van der Waals surface area contributed by atoms with Gasteiger partial charge in [0, 0.05) is 0 Å². The van der Waals surface area contributed by atoms with Crippen molar-refractivity contribution in [2.75, 3.05) is 0 Å². The molecule has 22 heavy (non-hydrogen) atoms. The zero-order valence-corrected chi connectivity index (χ0v) is 15.4. The molecule has 0 radical (unpaired) electrons. The molecule has 0 saturated carbocycles. The fourth-order valence-electron chi connectivity index (χ4n) is 2.71. The molecule has 1 atom stereocenters. The molecule has 0 aromatic heterocycles. The standard InChI is InChI=1S/C17H36O4S/c1-3-4-5-6-7-8-9-10-11-12-13-14-15-16-17(2)21-22(18,19)20/h17H,3-16H2,1-2H3,(H,18,19,20). The summed E-state index contributed by atoms with van der Waals surface area (Å²) in [6.45, 7) is 3.93. The van der Waals surface area contributed by atoms with Crippen molar-refractivity contribution in [1.29, 1.82) is 0 Å². The fraction of sp³-hybridized carbons (Fsp3) is 1.00. The summed E-state index contributed by atoms with van der Waals surface area (Å²) >= 11 is 0. The van der Waals surface area contributed by atoms with Gasteiger partial charge in [0.2, 0.25) is 0 Å². The first-order valence-corrected chi connectivity index (χ1v) is 10.5. The number of unbranched alkanes of at least 4 members (excludes halogenated alkanes) is 12. The maximum absolute atomic E-state index is 10.5. The van der Waals surface area contributed by atoms with E-state index < -0.39 is 16.5 Å². The van der Waals surface area contributed by atoms with Gasteiger partial charge in [-0.3, -0.25) is 4.55 Å². The summed E-state index contributed by atoms with van der Waals surface area (Å²) in [6.07, 6.45) is 17.1. The van der Waals surface area contributed by atoms with Gasteiger partial charge in [0.25, 0.3) is 0 Å². The third kappa shape index (κ3) is 17.9. The summed E-state index contributed by atoms with van der Waals surface area (Å²) in [6, 6.07) is 0.